The van der Waals surface area contributed by atoms with Gasteiger partial charge in [0, 0.05) is 6.07 Å². The summed E-state index contributed by atoms with van der Waals surface area (Å²) in [5.41, 5.74) is 0.876. The molecule has 0 N–H and O–H groups in total. The van der Waals surface area contributed by atoms with E-state index in [0.29, 0.717) is 22.6 Å². The van der Waals surface area contributed by atoms with E-state index < -0.39 is 11.8 Å². The third kappa shape index (κ3) is 3.73. The highest BCUT2D eigenvalue weighted by atomic mass is 19.1. The Kier molecular flexibility index (Phi) is 4.83. The largest absolute Gasteiger partial charge is 0.497 e. The lowest BCUT2D eigenvalue weighted by atomic mass is 10.1. The molecule has 4 rings (SSSR count). The highest BCUT2D eigenvalue weighted by Gasteiger charge is 2.27. The van der Waals surface area contributed by atoms with E-state index in [1.54, 1.807) is 54.6 Å². The fraction of sp³-hybridized carbons (Fsp3) is 0.0435. The van der Waals surface area contributed by atoms with E-state index in [9.17, 15) is 14.0 Å². The monoisotopic (exact) mass is 390 g/mol. The molecule has 0 saturated carbocycles. The molecule has 0 atom stereocenters. The predicted octanol–water partition coefficient (Wildman–Crippen LogP) is 4.67. The van der Waals surface area contributed by atoms with Crippen LogP contribution >= 0.6 is 0 Å². The molecular formula is C23H15FO5. The molecule has 144 valence electrons. The van der Waals surface area contributed by atoms with E-state index in [-0.39, 0.29) is 22.9 Å². The van der Waals surface area contributed by atoms with Crippen molar-refractivity contribution in [2.45, 2.75) is 0 Å². The SMILES string of the molecule is COc1ccc2c(c1)O/C(=C\c1cccc(OC(=O)c3ccccc3F)c1)C2=O. The van der Waals surface area contributed by atoms with Crippen LogP contribution in [0.4, 0.5) is 4.39 Å². The summed E-state index contributed by atoms with van der Waals surface area (Å²) >= 11 is 0. The van der Waals surface area contributed by atoms with Gasteiger partial charge in [0.1, 0.15) is 23.1 Å². The number of carbonyl (C=O) groups is 2. The number of allylic oxidation sites excluding steroid dienone is 1. The quantitative estimate of drug-likeness (QED) is 0.368. The molecule has 6 heteroatoms. The molecule has 0 spiro atoms. The molecule has 5 nitrogen and oxygen atoms in total. The molecule has 0 saturated heterocycles. The molecule has 0 aliphatic carbocycles. The molecule has 0 aromatic heterocycles. The van der Waals surface area contributed by atoms with Crippen molar-refractivity contribution in [1.82, 2.24) is 0 Å². The minimum absolute atomic E-state index is 0.144. The Labute approximate surface area is 166 Å². The molecule has 3 aromatic carbocycles. The third-order valence-electron chi connectivity index (χ3n) is 4.34. The van der Waals surface area contributed by atoms with Crippen LogP contribution in [0.5, 0.6) is 17.2 Å². The molecule has 3 aromatic rings. The Morgan fingerprint density at radius 3 is 2.62 bits per heavy atom. The van der Waals surface area contributed by atoms with Crippen LogP contribution in [0, 0.1) is 5.82 Å². The van der Waals surface area contributed by atoms with Crippen molar-refractivity contribution >= 4 is 17.8 Å². The standard InChI is InChI=1S/C23H15FO5/c1-27-15-9-10-18-20(13-15)29-21(22(18)25)12-14-5-4-6-16(11-14)28-23(26)17-7-2-3-8-19(17)24/h2-13H,1H3/b21-12-. The van der Waals surface area contributed by atoms with Crippen LogP contribution in [0.3, 0.4) is 0 Å². The summed E-state index contributed by atoms with van der Waals surface area (Å²) in [6.07, 6.45) is 1.55. The summed E-state index contributed by atoms with van der Waals surface area (Å²) in [4.78, 5) is 24.7. The summed E-state index contributed by atoms with van der Waals surface area (Å²) in [6, 6.07) is 17.1. The lowest BCUT2D eigenvalue weighted by Gasteiger charge is -2.06. The second-order valence-corrected chi connectivity index (χ2v) is 6.24. The summed E-state index contributed by atoms with van der Waals surface area (Å²) in [6.45, 7) is 0. The van der Waals surface area contributed by atoms with Gasteiger partial charge in [0.05, 0.1) is 18.2 Å². The van der Waals surface area contributed by atoms with Gasteiger partial charge in [0.25, 0.3) is 0 Å². The Morgan fingerprint density at radius 2 is 1.83 bits per heavy atom. The van der Waals surface area contributed by atoms with Crippen LogP contribution in [-0.2, 0) is 0 Å². The molecule has 1 heterocycles. The maximum Gasteiger partial charge on any atom is 0.346 e. The van der Waals surface area contributed by atoms with Crippen LogP contribution in [-0.4, -0.2) is 18.9 Å². The van der Waals surface area contributed by atoms with Crippen molar-refractivity contribution in [1.29, 1.82) is 0 Å². The fourth-order valence-corrected chi connectivity index (χ4v) is 2.90. The van der Waals surface area contributed by atoms with Crippen LogP contribution in [0.1, 0.15) is 26.3 Å². The normalized spacial score (nSPS) is 13.7. The summed E-state index contributed by atoms with van der Waals surface area (Å²) in [5.74, 6) is -0.350. The average Bonchev–Trinajstić information content (AvgIpc) is 3.03. The number of Topliss-reactive ketones (excluding diaryl/α,β-unsaturated/α-hetero) is 1. The third-order valence-corrected chi connectivity index (χ3v) is 4.34. The zero-order valence-corrected chi connectivity index (χ0v) is 15.3. The first-order valence-electron chi connectivity index (χ1n) is 8.74. The van der Waals surface area contributed by atoms with E-state index >= 15 is 0 Å². The maximum absolute atomic E-state index is 13.7. The zero-order chi connectivity index (χ0) is 20.4. The smallest absolute Gasteiger partial charge is 0.346 e. The van der Waals surface area contributed by atoms with Crippen molar-refractivity contribution in [2.24, 2.45) is 0 Å². The van der Waals surface area contributed by atoms with Gasteiger partial charge in [-0.1, -0.05) is 24.3 Å². The first-order chi connectivity index (χ1) is 14.0. The van der Waals surface area contributed by atoms with E-state index in [1.165, 1.54) is 25.3 Å². The molecular weight excluding hydrogens is 375 g/mol. The van der Waals surface area contributed by atoms with Crippen LogP contribution in [0.2, 0.25) is 0 Å². The number of fused-ring (bicyclic) bond motifs is 1. The van der Waals surface area contributed by atoms with Gasteiger partial charge in [-0.15, -0.1) is 0 Å². The lowest BCUT2D eigenvalue weighted by molar-refractivity contribution is 0.0729. The van der Waals surface area contributed by atoms with Gasteiger partial charge in [-0.05, 0) is 48.0 Å². The van der Waals surface area contributed by atoms with Crippen molar-refractivity contribution in [3.63, 3.8) is 0 Å². The zero-order valence-electron chi connectivity index (χ0n) is 15.3. The minimum atomic E-state index is -0.805. The summed E-state index contributed by atoms with van der Waals surface area (Å²) in [7, 11) is 1.53. The number of halogens is 1. The lowest BCUT2D eigenvalue weighted by Crippen LogP contribution is -2.10. The number of ketones is 1. The van der Waals surface area contributed by atoms with Crippen molar-refractivity contribution < 1.29 is 28.2 Å². The second kappa shape index (κ2) is 7.59. The number of carbonyl (C=O) groups excluding carboxylic acids is 2. The van der Waals surface area contributed by atoms with E-state index in [1.807, 2.05) is 0 Å². The number of hydrogen-bond donors (Lipinski definition) is 0. The van der Waals surface area contributed by atoms with Crippen LogP contribution in [0.25, 0.3) is 6.08 Å². The number of ether oxygens (including phenoxy) is 3. The van der Waals surface area contributed by atoms with Gasteiger partial charge in [-0.2, -0.15) is 0 Å². The second-order valence-electron chi connectivity index (χ2n) is 6.24. The highest BCUT2D eigenvalue weighted by molar-refractivity contribution is 6.14. The van der Waals surface area contributed by atoms with Gasteiger partial charge < -0.3 is 14.2 Å². The number of methoxy groups -OCH3 is 1. The average molecular weight is 390 g/mol. The molecule has 0 unspecified atom stereocenters. The van der Waals surface area contributed by atoms with E-state index in [4.69, 9.17) is 14.2 Å². The first kappa shape index (κ1) is 18.4. The molecule has 0 radical (unpaired) electrons. The number of benzene rings is 3. The molecule has 29 heavy (non-hydrogen) atoms. The van der Waals surface area contributed by atoms with Crippen molar-refractivity contribution in [3.8, 4) is 17.2 Å². The Morgan fingerprint density at radius 1 is 1.00 bits per heavy atom. The van der Waals surface area contributed by atoms with E-state index in [0.717, 1.165) is 0 Å². The van der Waals surface area contributed by atoms with Crippen LogP contribution < -0.4 is 14.2 Å². The van der Waals surface area contributed by atoms with Gasteiger partial charge in [0.15, 0.2) is 5.76 Å². The highest BCUT2D eigenvalue weighted by Crippen LogP contribution is 2.35. The van der Waals surface area contributed by atoms with Crippen molar-refractivity contribution in [2.75, 3.05) is 7.11 Å². The molecule has 0 fully saturated rings. The molecule has 1 aliphatic rings. The Hall–Kier alpha value is -3.93. The van der Waals surface area contributed by atoms with Gasteiger partial charge in [-0.3, -0.25) is 4.79 Å². The van der Waals surface area contributed by atoms with Crippen molar-refractivity contribution in [3.05, 3.63) is 95.0 Å². The first-order valence-corrected chi connectivity index (χ1v) is 8.74. The Balaban J connectivity index is 1.56. The van der Waals surface area contributed by atoms with Gasteiger partial charge in [0.2, 0.25) is 5.78 Å². The van der Waals surface area contributed by atoms with Crippen LogP contribution in [0.15, 0.2) is 72.5 Å². The van der Waals surface area contributed by atoms with E-state index in [2.05, 4.69) is 0 Å². The summed E-state index contributed by atoms with van der Waals surface area (Å²) < 4.78 is 29.8. The van der Waals surface area contributed by atoms with Gasteiger partial charge in [-0.25, -0.2) is 9.18 Å². The molecule has 0 bridgehead atoms. The van der Waals surface area contributed by atoms with Gasteiger partial charge >= 0.3 is 5.97 Å². The molecule has 1 aliphatic heterocycles. The predicted molar refractivity (Wildman–Crippen MR) is 104 cm³/mol. The Bertz CT molecular complexity index is 1150. The topological polar surface area (TPSA) is 61.8 Å². The minimum Gasteiger partial charge on any atom is -0.497 e. The maximum atomic E-state index is 13.7. The number of rotatable bonds is 4. The number of esters is 1. The number of hydrogen-bond acceptors (Lipinski definition) is 5. The summed E-state index contributed by atoms with van der Waals surface area (Å²) in [5, 5.41) is 0. The molecule has 0 amide bonds. The fourth-order valence-electron chi connectivity index (χ4n) is 2.90.